The number of aryl methyl sites for hydroxylation is 1. The molecule has 1 N–H and O–H groups in total. The molecule has 0 aliphatic carbocycles. The van der Waals surface area contributed by atoms with Crippen molar-refractivity contribution in [1.29, 1.82) is 0 Å². The number of amides is 1. The molecular weight excluding hydrogens is 438 g/mol. The van der Waals surface area contributed by atoms with Crippen LogP contribution in [0.3, 0.4) is 0 Å². The van der Waals surface area contributed by atoms with Gasteiger partial charge in [0.2, 0.25) is 0 Å². The number of nitrogens with zero attached hydrogens (tertiary/aromatic N) is 1. The Morgan fingerprint density at radius 2 is 1.90 bits per heavy atom. The van der Waals surface area contributed by atoms with Crippen molar-refractivity contribution in [2.75, 3.05) is 27.4 Å². The molecule has 1 unspecified atom stereocenters. The maximum Gasteiger partial charge on any atom is 0.295 e. The number of likely N-dealkylation sites (tertiary alicyclic amines) is 1. The number of hydrogen-bond donors (Lipinski definition) is 1. The second-order valence-electron chi connectivity index (χ2n) is 6.69. The fourth-order valence-corrected chi connectivity index (χ4v) is 4.03. The zero-order chi connectivity index (χ0) is 21.1. The van der Waals surface area contributed by atoms with Crippen molar-refractivity contribution in [3.05, 3.63) is 69.2 Å². The van der Waals surface area contributed by atoms with Crippen LogP contribution in [0.15, 0.2) is 52.5 Å². The minimum Gasteiger partial charge on any atom is -0.507 e. The normalized spacial score (nSPS) is 18.3. The fraction of sp³-hybridized carbons (Fsp3) is 0.273. The smallest absolute Gasteiger partial charge is 0.295 e. The molecule has 0 aromatic heterocycles. The van der Waals surface area contributed by atoms with Crippen LogP contribution in [0.25, 0.3) is 5.76 Å². The number of halogens is 1. The quantitative estimate of drug-likeness (QED) is 0.403. The van der Waals surface area contributed by atoms with Crippen LogP contribution in [0.1, 0.15) is 22.7 Å². The maximum absolute atomic E-state index is 12.9. The van der Waals surface area contributed by atoms with Crippen molar-refractivity contribution in [2.45, 2.75) is 13.0 Å². The van der Waals surface area contributed by atoms with Crippen LogP contribution in [0.2, 0.25) is 0 Å². The average Bonchev–Trinajstić information content (AvgIpc) is 2.96. The van der Waals surface area contributed by atoms with Crippen LogP contribution >= 0.6 is 15.9 Å². The van der Waals surface area contributed by atoms with Gasteiger partial charge in [0.15, 0.2) is 0 Å². The minimum absolute atomic E-state index is 0.0671. The third kappa shape index (κ3) is 3.93. The molecule has 1 fully saturated rings. The standard InChI is InChI=1S/C22H22BrNO5/c1-13-6-4-5-7-15(13)19-18(21(26)22(27)24(19)10-11-28-2)20(25)14-8-9-17(29-3)16(23)12-14/h4-9,12,19,25H,10-11H2,1-3H3/b20-18+. The largest absolute Gasteiger partial charge is 0.507 e. The van der Waals surface area contributed by atoms with E-state index in [1.165, 1.54) is 12.0 Å². The van der Waals surface area contributed by atoms with Crippen molar-refractivity contribution in [3.8, 4) is 5.75 Å². The molecule has 1 amide bonds. The predicted octanol–water partition coefficient (Wildman–Crippen LogP) is 3.83. The molecule has 6 nitrogen and oxygen atoms in total. The zero-order valence-electron chi connectivity index (χ0n) is 16.4. The Kier molecular flexibility index (Phi) is 6.39. The summed E-state index contributed by atoms with van der Waals surface area (Å²) in [4.78, 5) is 27.1. The second kappa shape index (κ2) is 8.80. The minimum atomic E-state index is -0.709. The van der Waals surface area contributed by atoms with Gasteiger partial charge in [0.1, 0.15) is 11.5 Å². The number of carbonyl (C=O) groups excluding carboxylic acids is 2. The molecule has 0 radical (unpaired) electrons. The van der Waals surface area contributed by atoms with Crippen molar-refractivity contribution >= 4 is 33.4 Å². The SMILES string of the molecule is COCCN1C(=O)C(=O)/C(=C(/O)c2ccc(OC)c(Br)c2)C1c1ccccc1C. The summed E-state index contributed by atoms with van der Waals surface area (Å²) in [6.07, 6.45) is 0. The van der Waals surface area contributed by atoms with E-state index in [0.29, 0.717) is 15.8 Å². The van der Waals surface area contributed by atoms with E-state index in [9.17, 15) is 14.7 Å². The van der Waals surface area contributed by atoms with Gasteiger partial charge < -0.3 is 19.5 Å². The number of methoxy groups -OCH3 is 2. The number of benzene rings is 2. The van der Waals surface area contributed by atoms with E-state index in [-0.39, 0.29) is 24.5 Å². The molecule has 1 heterocycles. The van der Waals surface area contributed by atoms with Crippen molar-refractivity contribution in [3.63, 3.8) is 0 Å². The molecule has 2 aromatic rings. The molecule has 2 aromatic carbocycles. The predicted molar refractivity (Wildman–Crippen MR) is 113 cm³/mol. The molecule has 1 aliphatic heterocycles. The van der Waals surface area contributed by atoms with Crippen LogP contribution in [0.5, 0.6) is 5.75 Å². The van der Waals surface area contributed by atoms with Crippen LogP contribution < -0.4 is 4.74 Å². The van der Waals surface area contributed by atoms with E-state index in [0.717, 1.165) is 11.1 Å². The lowest BCUT2D eigenvalue weighted by Crippen LogP contribution is -2.32. The first-order valence-electron chi connectivity index (χ1n) is 9.07. The monoisotopic (exact) mass is 459 g/mol. The Bertz CT molecular complexity index is 985. The van der Waals surface area contributed by atoms with Crippen LogP contribution in [0, 0.1) is 6.92 Å². The molecule has 1 saturated heterocycles. The number of aliphatic hydroxyl groups is 1. The molecule has 1 aliphatic rings. The Hall–Kier alpha value is -2.64. The molecule has 7 heteroatoms. The zero-order valence-corrected chi connectivity index (χ0v) is 18.0. The van der Waals surface area contributed by atoms with Gasteiger partial charge in [0, 0.05) is 19.2 Å². The third-order valence-electron chi connectivity index (χ3n) is 4.98. The second-order valence-corrected chi connectivity index (χ2v) is 7.55. The van der Waals surface area contributed by atoms with Gasteiger partial charge in [-0.15, -0.1) is 0 Å². The molecule has 0 spiro atoms. The lowest BCUT2D eigenvalue weighted by atomic mass is 9.92. The molecule has 1 atom stereocenters. The number of hydrogen-bond acceptors (Lipinski definition) is 5. The number of ether oxygens (including phenoxy) is 2. The van der Waals surface area contributed by atoms with E-state index < -0.39 is 17.7 Å². The molecule has 152 valence electrons. The van der Waals surface area contributed by atoms with Gasteiger partial charge in [-0.2, -0.15) is 0 Å². The summed E-state index contributed by atoms with van der Waals surface area (Å²) in [6, 6.07) is 11.8. The molecule has 0 saturated carbocycles. The average molecular weight is 460 g/mol. The van der Waals surface area contributed by atoms with E-state index in [2.05, 4.69) is 15.9 Å². The summed E-state index contributed by atoms with van der Waals surface area (Å²) < 4.78 is 11.0. The van der Waals surface area contributed by atoms with Crippen molar-refractivity contribution in [2.24, 2.45) is 0 Å². The fourth-order valence-electron chi connectivity index (χ4n) is 3.49. The lowest BCUT2D eigenvalue weighted by molar-refractivity contribution is -0.140. The number of Topliss-reactive ketones (excluding diaryl/α,β-unsaturated/α-hetero) is 1. The highest BCUT2D eigenvalue weighted by molar-refractivity contribution is 9.10. The summed E-state index contributed by atoms with van der Waals surface area (Å²) in [5, 5.41) is 11.0. The van der Waals surface area contributed by atoms with Gasteiger partial charge in [0.25, 0.3) is 11.7 Å². The summed E-state index contributed by atoms with van der Waals surface area (Å²) in [7, 11) is 3.08. The Balaban J connectivity index is 2.19. The molecule has 29 heavy (non-hydrogen) atoms. The van der Waals surface area contributed by atoms with Crippen molar-refractivity contribution in [1.82, 2.24) is 4.90 Å². The van der Waals surface area contributed by atoms with Gasteiger partial charge in [-0.3, -0.25) is 9.59 Å². The summed E-state index contributed by atoms with van der Waals surface area (Å²) in [6.45, 7) is 2.43. The summed E-state index contributed by atoms with van der Waals surface area (Å²) in [5.41, 5.74) is 2.19. The number of carbonyl (C=O) groups is 2. The number of aliphatic hydroxyl groups excluding tert-OH is 1. The van der Waals surface area contributed by atoms with Crippen LogP contribution in [-0.4, -0.2) is 49.1 Å². The van der Waals surface area contributed by atoms with E-state index in [1.807, 2.05) is 31.2 Å². The first-order valence-corrected chi connectivity index (χ1v) is 9.86. The Morgan fingerprint density at radius 3 is 2.52 bits per heavy atom. The van der Waals surface area contributed by atoms with Gasteiger partial charge in [0.05, 0.1) is 29.8 Å². The van der Waals surface area contributed by atoms with Crippen LogP contribution in [0.4, 0.5) is 0 Å². The first kappa shape index (κ1) is 21.1. The van der Waals surface area contributed by atoms with Crippen LogP contribution in [-0.2, 0) is 14.3 Å². The Labute approximate surface area is 177 Å². The van der Waals surface area contributed by atoms with E-state index >= 15 is 0 Å². The molecular formula is C22H22BrNO5. The Morgan fingerprint density at radius 1 is 1.17 bits per heavy atom. The lowest BCUT2D eigenvalue weighted by Gasteiger charge is -2.26. The highest BCUT2D eigenvalue weighted by atomic mass is 79.9. The highest BCUT2D eigenvalue weighted by Gasteiger charge is 2.46. The third-order valence-corrected chi connectivity index (χ3v) is 5.60. The molecule has 0 bridgehead atoms. The highest BCUT2D eigenvalue weighted by Crippen LogP contribution is 2.41. The van der Waals surface area contributed by atoms with Gasteiger partial charge in [-0.05, 0) is 52.2 Å². The summed E-state index contributed by atoms with van der Waals surface area (Å²) in [5.74, 6) is -0.986. The topological polar surface area (TPSA) is 76.1 Å². The van der Waals surface area contributed by atoms with E-state index in [4.69, 9.17) is 9.47 Å². The van der Waals surface area contributed by atoms with Gasteiger partial charge in [-0.1, -0.05) is 24.3 Å². The van der Waals surface area contributed by atoms with Crippen molar-refractivity contribution < 1.29 is 24.2 Å². The molecule has 3 rings (SSSR count). The van der Waals surface area contributed by atoms with E-state index in [1.54, 1.807) is 25.3 Å². The number of ketones is 1. The van der Waals surface area contributed by atoms with Gasteiger partial charge >= 0.3 is 0 Å². The van der Waals surface area contributed by atoms with Gasteiger partial charge in [-0.25, -0.2) is 0 Å². The summed E-state index contributed by atoms with van der Waals surface area (Å²) >= 11 is 3.39. The number of rotatable bonds is 6. The maximum atomic E-state index is 12.9. The first-order chi connectivity index (χ1) is 13.9.